The van der Waals surface area contributed by atoms with Crippen LogP contribution in [0.1, 0.15) is 329 Å². The maximum atomic E-state index is 12.9. The monoisotopic (exact) mass is 1380 g/mol. The number of carbonyl (C=O) groups excluding carboxylic acids is 3. The maximum absolute atomic E-state index is 12.9. The summed E-state index contributed by atoms with van der Waals surface area (Å²) in [4.78, 5) is 58.4. The van der Waals surface area contributed by atoms with Gasteiger partial charge in [-0.05, 0) is 96.3 Å². The molecule has 18 heteroatoms. The summed E-state index contributed by atoms with van der Waals surface area (Å²) in [6, 6.07) is 0. The van der Waals surface area contributed by atoms with Crippen LogP contribution in [0.2, 0.25) is 0 Å². The fraction of sp³-hybridized carbons (Fsp3) is 0.779. The quantitative estimate of drug-likeness (QED) is 0.0146. The van der Waals surface area contributed by atoms with Gasteiger partial charge in [0, 0.05) is 19.3 Å². The zero-order chi connectivity index (χ0) is 69.5. The van der Waals surface area contributed by atoms with E-state index in [1.165, 1.54) is 148 Å². The summed E-state index contributed by atoms with van der Waals surface area (Å²) in [6.07, 6.45) is 77.9. The Hall–Kier alpha value is -3.27. The van der Waals surface area contributed by atoms with Crippen LogP contribution in [-0.4, -0.2) is 95.9 Å². The average molecular weight is 1380 g/mol. The first-order valence-electron chi connectivity index (χ1n) is 37.9. The Balaban J connectivity index is 4.39. The number of carbonyl (C=O) groups is 3. The number of allylic oxidation sites excluding steroid dienone is 14. The number of phosphoric acid groups is 2. The summed E-state index contributed by atoms with van der Waals surface area (Å²) in [6.45, 7) is 2.55. The molecular weight excluding hydrogens is 1240 g/mol. The van der Waals surface area contributed by atoms with E-state index in [1.54, 1.807) is 0 Å². The SMILES string of the molecule is CC/C=C\C/C=C\C/C=C\C/C=C\C/C=C\CCCCCCCCCCCCCCCCCC(=O)OCC(O)COP(=O)(O)OCC(O)COP(=O)(O)OCC(COC(=O)CCCCCCC/C=C\C/C=C\CCCCC)OC(=O)CCCCCCCCCCCCCCC. The molecule has 95 heavy (non-hydrogen) atoms. The highest BCUT2D eigenvalue weighted by atomic mass is 31.2. The molecule has 0 aliphatic carbocycles. The zero-order valence-electron chi connectivity index (χ0n) is 60.1. The van der Waals surface area contributed by atoms with E-state index in [1.807, 2.05) is 0 Å². The molecule has 0 heterocycles. The second-order valence-corrected chi connectivity index (χ2v) is 28.3. The second kappa shape index (κ2) is 70.6. The first kappa shape index (κ1) is 91.7. The normalized spacial score (nSPS) is 14.6. The number of esters is 3. The van der Waals surface area contributed by atoms with E-state index in [0.29, 0.717) is 19.3 Å². The van der Waals surface area contributed by atoms with Crippen LogP contribution in [0, 0.1) is 0 Å². The molecule has 0 saturated carbocycles. The molecule has 16 nitrogen and oxygen atoms in total. The van der Waals surface area contributed by atoms with Gasteiger partial charge in [0.05, 0.1) is 26.4 Å². The van der Waals surface area contributed by atoms with Gasteiger partial charge in [-0.15, -0.1) is 0 Å². The van der Waals surface area contributed by atoms with Crippen molar-refractivity contribution in [1.82, 2.24) is 0 Å². The maximum Gasteiger partial charge on any atom is 0.472 e. The third-order valence-electron chi connectivity index (χ3n) is 16.1. The van der Waals surface area contributed by atoms with Gasteiger partial charge in [0.2, 0.25) is 0 Å². The molecule has 0 aromatic rings. The summed E-state index contributed by atoms with van der Waals surface area (Å²) in [5, 5.41) is 20.6. The lowest BCUT2D eigenvalue weighted by molar-refractivity contribution is -0.161. The molecule has 5 atom stereocenters. The molecule has 0 spiro atoms. The van der Waals surface area contributed by atoms with Crippen molar-refractivity contribution in [2.45, 2.75) is 347 Å². The summed E-state index contributed by atoms with van der Waals surface area (Å²) < 4.78 is 61.0. The molecule has 552 valence electrons. The van der Waals surface area contributed by atoms with Crippen molar-refractivity contribution in [3.05, 3.63) is 85.1 Å². The molecule has 0 radical (unpaired) electrons. The molecule has 0 fully saturated rings. The number of hydrogen-bond acceptors (Lipinski definition) is 14. The fourth-order valence-corrected chi connectivity index (χ4v) is 11.9. The Morgan fingerprint density at radius 2 is 0.558 bits per heavy atom. The number of rotatable bonds is 72. The van der Waals surface area contributed by atoms with Gasteiger partial charge in [-0.25, -0.2) is 9.13 Å². The van der Waals surface area contributed by atoms with Crippen LogP contribution in [0.4, 0.5) is 0 Å². The van der Waals surface area contributed by atoms with Crippen LogP contribution in [0.5, 0.6) is 0 Å². The predicted octanol–water partition coefficient (Wildman–Crippen LogP) is 21.7. The number of aliphatic hydroxyl groups is 2. The number of phosphoric ester groups is 2. The number of ether oxygens (including phenoxy) is 3. The lowest BCUT2D eigenvalue weighted by Crippen LogP contribution is -2.30. The van der Waals surface area contributed by atoms with Gasteiger partial charge >= 0.3 is 33.6 Å². The van der Waals surface area contributed by atoms with Gasteiger partial charge in [-0.3, -0.25) is 32.5 Å². The van der Waals surface area contributed by atoms with Crippen molar-refractivity contribution < 1.29 is 75.8 Å². The molecule has 0 amide bonds. The summed E-state index contributed by atoms with van der Waals surface area (Å²) in [7, 11) is -9.77. The standard InChI is InChI=1S/C77H138O16P2/c1-4-7-10-13-16-19-22-25-27-28-29-30-31-32-33-34-35-36-37-38-39-40-41-42-44-47-48-51-54-57-60-63-75(80)87-66-72(78)67-89-94(83,84)90-68-73(79)69-91-95(85,86)92-71-74(93-77(82)65-62-59-56-53-50-45-24-21-18-15-12-9-6-3)70-88-76(81)64-61-58-55-52-49-46-43-26-23-20-17-14-11-8-5-2/h7,10,16-17,19-20,25-27,29-30,32-33,43,72-74,78-79H,4-6,8-9,11-15,18,21-24,28,31,34-42,44-71H2,1-3H3,(H,83,84)(H,85,86)/b10-7-,19-16-,20-17-,27-25-,30-29-,33-32-,43-26-. The second-order valence-electron chi connectivity index (χ2n) is 25.4. The van der Waals surface area contributed by atoms with Gasteiger partial charge in [0.15, 0.2) is 6.10 Å². The van der Waals surface area contributed by atoms with Crippen molar-refractivity contribution in [2.75, 3.05) is 39.6 Å². The number of aliphatic hydroxyl groups excluding tert-OH is 2. The Labute approximate surface area is 578 Å². The third-order valence-corrected chi connectivity index (χ3v) is 18.0. The molecule has 0 rings (SSSR count). The minimum Gasteiger partial charge on any atom is -0.463 e. The van der Waals surface area contributed by atoms with E-state index < -0.39 is 91.5 Å². The van der Waals surface area contributed by atoms with Crippen LogP contribution >= 0.6 is 15.6 Å². The largest absolute Gasteiger partial charge is 0.472 e. The minimum atomic E-state index is -4.92. The van der Waals surface area contributed by atoms with Crippen LogP contribution < -0.4 is 0 Å². The van der Waals surface area contributed by atoms with Gasteiger partial charge < -0.3 is 34.2 Å². The van der Waals surface area contributed by atoms with E-state index in [2.05, 4.69) is 106 Å². The molecule has 0 bridgehead atoms. The number of unbranched alkanes of at least 4 members (excludes halogenated alkanes) is 35. The van der Waals surface area contributed by atoms with Crippen molar-refractivity contribution in [3.63, 3.8) is 0 Å². The highest BCUT2D eigenvalue weighted by molar-refractivity contribution is 7.47. The topological polar surface area (TPSA) is 231 Å². The van der Waals surface area contributed by atoms with Crippen LogP contribution in [-0.2, 0) is 55.8 Å². The van der Waals surface area contributed by atoms with Crippen molar-refractivity contribution in [1.29, 1.82) is 0 Å². The van der Waals surface area contributed by atoms with E-state index in [0.717, 1.165) is 122 Å². The van der Waals surface area contributed by atoms with Crippen LogP contribution in [0.25, 0.3) is 0 Å². The average Bonchev–Trinajstić information content (AvgIpc) is 1.75. The first-order chi connectivity index (χ1) is 46.2. The lowest BCUT2D eigenvalue weighted by Gasteiger charge is -2.21. The molecule has 0 aromatic carbocycles. The van der Waals surface area contributed by atoms with Crippen LogP contribution in [0.15, 0.2) is 85.1 Å². The Morgan fingerprint density at radius 1 is 0.305 bits per heavy atom. The third kappa shape index (κ3) is 71.8. The lowest BCUT2D eigenvalue weighted by atomic mass is 10.0. The van der Waals surface area contributed by atoms with Crippen molar-refractivity contribution in [2.24, 2.45) is 0 Å². The van der Waals surface area contributed by atoms with Crippen LogP contribution in [0.3, 0.4) is 0 Å². The van der Waals surface area contributed by atoms with Gasteiger partial charge in [0.1, 0.15) is 25.4 Å². The predicted molar refractivity (Wildman–Crippen MR) is 390 cm³/mol. The molecule has 4 N–H and O–H groups in total. The van der Waals surface area contributed by atoms with E-state index in [-0.39, 0.29) is 19.3 Å². The summed E-state index contributed by atoms with van der Waals surface area (Å²) in [5.41, 5.74) is 0. The summed E-state index contributed by atoms with van der Waals surface area (Å²) in [5.74, 6) is -1.57. The highest BCUT2D eigenvalue weighted by Gasteiger charge is 2.29. The fourth-order valence-electron chi connectivity index (χ4n) is 10.3. The van der Waals surface area contributed by atoms with Gasteiger partial charge in [-0.2, -0.15) is 0 Å². The van der Waals surface area contributed by atoms with Gasteiger partial charge in [0.25, 0.3) is 0 Å². The minimum absolute atomic E-state index is 0.107. The first-order valence-corrected chi connectivity index (χ1v) is 40.9. The smallest absolute Gasteiger partial charge is 0.463 e. The highest BCUT2D eigenvalue weighted by Crippen LogP contribution is 2.45. The molecule has 0 saturated heterocycles. The van der Waals surface area contributed by atoms with E-state index >= 15 is 0 Å². The number of hydrogen-bond donors (Lipinski definition) is 4. The van der Waals surface area contributed by atoms with E-state index in [9.17, 15) is 43.5 Å². The van der Waals surface area contributed by atoms with Gasteiger partial charge in [-0.1, -0.05) is 298 Å². The molecule has 0 aromatic heterocycles. The Bertz CT molecular complexity index is 2070. The van der Waals surface area contributed by atoms with Crippen molar-refractivity contribution >= 4 is 33.6 Å². The van der Waals surface area contributed by atoms with Crippen molar-refractivity contribution in [3.8, 4) is 0 Å². The zero-order valence-corrected chi connectivity index (χ0v) is 61.9. The molecule has 5 unspecified atom stereocenters. The van der Waals surface area contributed by atoms with E-state index in [4.69, 9.17) is 32.3 Å². The Kier molecular flexibility index (Phi) is 68.2. The molecule has 0 aliphatic heterocycles. The molecule has 0 aliphatic rings. The molecular formula is C77H138O16P2. The Morgan fingerprint density at radius 3 is 0.905 bits per heavy atom. The summed E-state index contributed by atoms with van der Waals surface area (Å²) >= 11 is 0.